The maximum Gasteiger partial charge on any atom is 0.129 e. The van der Waals surface area contributed by atoms with Gasteiger partial charge in [-0.05, 0) is 20.3 Å². The molecule has 0 aliphatic carbocycles. The summed E-state index contributed by atoms with van der Waals surface area (Å²) >= 11 is 0. The number of unbranched alkanes of at least 4 members (excludes halogenated alkanes) is 1. The van der Waals surface area contributed by atoms with Gasteiger partial charge in [0.25, 0.3) is 0 Å². The van der Waals surface area contributed by atoms with Crippen LogP contribution < -0.4 is 0 Å². The Balaban J connectivity index is 4.44. The Kier molecular flexibility index (Phi) is 5.62. The van der Waals surface area contributed by atoms with Crippen molar-refractivity contribution in [3.05, 3.63) is 0 Å². The van der Waals surface area contributed by atoms with Gasteiger partial charge in [-0.1, -0.05) is 39.4 Å². The Hall–Kier alpha value is -0.263. The molecule has 15 heavy (non-hydrogen) atoms. The minimum absolute atomic E-state index is 0.255. The number of hydrogen-bond donors (Lipinski definition) is 1. The lowest BCUT2D eigenvalue weighted by Gasteiger charge is -2.25. The Bertz CT molecular complexity index is 239. The Labute approximate surface area is 96.3 Å². The molecule has 0 heterocycles. The monoisotopic (exact) mass is 226 g/mol. The third kappa shape index (κ3) is 6.76. The number of hydrogen-bond acceptors (Lipinski definition) is 1. The van der Waals surface area contributed by atoms with E-state index in [-0.39, 0.29) is 11.5 Å². The molecule has 0 spiro atoms. The average Bonchev–Trinajstić information content (AvgIpc) is 2.10. The van der Waals surface area contributed by atoms with Gasteiger partial charge >= 0.3 is 0 Å². The molecule has 0 aromatic rings. The van der Waals surface area contributed by atoms with Crippen LogP contribution in [0.1, 0.15) is 40.0 Å². The van der Waals surface area contributed by atoms with E-state index < -0.39 is 8.07 Å². The van der Waals surface area contributed by atoms with Crippen molar-refractivity contribution in [2.75, 3.05) is 0 Å². The van der Waals surface area contributed by atoms with Crippen molar-refractivity contribution in [1.82, 2.24) is 0 Å². The molecule has 0 bridgehead atoms. The molecule has 0 aromatic carbocycles. The lowest BCUT2D eigenvalue weighted by atomic mass is 9.85. The summed E-state index contributed by atoms with van der Waals surface area (Å²) in [4.78, 5) is 0. The molecular formula is C13H26OSi. The van der Waals surface area contributed by atoms with Crippen LogP contribution in [0, 0.1) is 16.9 Å². The maximum absolute atomic E-state index is 10.0. The van der Waals surface area contributed by atoms with E-state index in [4.69, 9.17) is 0 Å². The second-order valence-electron chi connectivity index (χ2n) is 5.88. The van der Waals surface area contributed by atoms with Crippen LogP contribution in [0.5, 0.6) is 0 Å². The summed E-state index contributed by atoms with van der Waals surface area (Å²) < 4.78 is 0. The highest BCUT2D eigenvalue weighted by Gasteiger charge is 2.25. The highest BCUT2D eigenvalue weighted by atomic mass is 28.3. The van der Waals surface area contributed by atoms with Crippen LogP contribution in [-0.4, -0.2) is 19.3 Å². The summed E-state index contributed by atoms with van der Waals surface area (Å²) in [6.07, 6.45) is 2.79. The molecule has 0 saturated carbocycles. The Morgan fingerprint density at radius 2 is 1.80 bits per heavy atom. The summed E-state index contributed by atoms with van der Waals surface area (Å²) in [6.45, 7) is 12.9. The predicted octanol–water partition coefficient (Wildman–Crippen LogP) is 3.44. The van der Waals surface area contributed by atoms with Gasteiger partial charge in [-0.3, -0.25) is 0 Å². The fraction of sp³-hybridized carbons (Fsp3) is 0.846. The van der Waals surface area contributed by atoms with Crippen molar-refractivity contribution < 1.29 is 5.11 Å². The first-order valence-corrected chi connectivity index (χ1v) is 9.41. The summed E-state index contributed by atoms with van der Waals surface area (Å²) in [6, 6.07) is 0. The molecule has 0 aromatic heterocycles. The van der Waals surface area contributed by atoms with E-state index in [9.17, 15) is 5.11 Å². The second kappa shape index (κ2) is 5.72. The highest BCUT2D eigenvalue weighted by molar-refractivity contribution is 6.83. The van der Waals surface area contributed by atoms with Gasteiger partial charge in [0.15, 0.2) is 0 Å². The van der Waals surface area contributed by atoms with E-state index in [0.29, 0.717) is 0 Å². The van der Waals surface area contributed by atoms with Gasteiger partial charge < -0.3 is 5.11 Å². The van der Waals surface area contributed by atoms with Crippen LogP contribution in [0.25, 0.3) is 0 Å². The molecule has 0 saturated heterocycles. The van der Waals surface area contributed by atoms with Crippen molar-refractivity contribution in [3.8, 4) is 11.5 Å². The third-order valence-electron chi connectivity index (χ3n) is 2.42. The minimum Gasteiger partial charge on any atom is -0.392 e. The van der Waals surface area contributed by atoms with Gasteiger partial charge in [-0.25, -0.2) is 0 Å². The zero-order valence-electron chi connectivity index (χ0n) is 11.1. The Morgan fingerprint density at radius 3 is 2.20 bits per heavy atom. The van der Waals surface area contributed by atoms with Gasteiger partial charge in [0.2, 0.25) is 0 Å². The summed E-state index contributed by atoms with van der Waals surface area (Å²) in [5.41, 5.74) is 3.09. The van der Waals surface area contributed by atoms with Crippen LogP contribution in [-0.2, 0) is 0 Å². The quantitative estimate of drug-likeness (QED) is 0.575. The molecule has 0 aliphatic rings. The van der Waals surface area contributed by atoms with E-state index in [0.717, 1.165) is 19.3 Å². The minimum atomic E-state index is -1.32. The molecule has 0 aliphatic heterocycles. The molecule has 1 nitrogen and oxygen atoms in total. The van der Waals surface area contributed by atoms with Crippen LogP contribution >= 0.6 is 0 Å². The molecule has 1 N–H and O–H groups in total. The first-order valence-electron chi connectivity index (χ1n) is 5.91. The Morgan fingerprint density at radius 1 is 1.27 bits per heavy atom. The van der Waals surface area contributed by atoms with Gasteiger partial charge in [-0.15, -0.1) is 11.5 Å². The lowest BCUT2D eigenvalue weighted by Crippen LogP contribution is -2.29. The first kappa shape index (κ1) is 14.7. The van der Waals surface area contributed by atoms with Gasteiger partial charge in [0, 0.05) is 0 Å². The molecule has 88 valence electrons. The van der Waals surface area contributed by atoms with Crippen molar-refractivity contribution in [2.45, 2.75) is 65.8 Å². The molecule has 2 heteroatoms. The molecule has 0 rings (SSSR count). The van der Waals surface area contributed by atoms with Gasteiger partial charge in [-0.2, -0.15) is 0 Å². The largest absolute Gasteiger partial charge is 0.392 e. The second-order valence-corrected chi connectivity index (χ2v) is 10.6. The summed E-state index contributed by atoms with van der Waals surface area (Å²) in [5.74, 6) is 3.27. The van der Waals surface area contributed by atoms with Crippen LogP contribution in [0.15, 0.2) is 0 Å². The van der Waals surface area contributed by atoms with Crippen LogP contribution in [0.3, 0.4) is 0 Å². The van der Waals surface area contributed by atoms with E-state index in [2.05, 4.69) is 38.0 Å². The van der Waals surface area contributed by atoms with Gasteiger partial charge in [0.1, 0.15) is 8.07 Å². The van der Waals surface area contributed by atoms with Crippen molar-refractivity contribution in [1.29, 1.82) is 0 Å². The first-order chi connectivity index (χ1) is 6.69. The summed E-state index contributed by atoms with van der Waals surface area (Å²) in [7, 11) is -1.32. The highest BCUT2D eigenvalue weighted by Crippen LogP contribution is 2.23. The van der Waals surface area contributed by atoms with E-state index in [1.807, 2.05) is 13.8 Å². The third-order valence-corrected chi connectivity index (χ3v) is 3.30. The zero-order chi connectivity index (χ0) is 12.1. The lowest BCUT2D eigenvalue weighted by molar-refractivity contribution is 0.0775. The standard InChI is InChI=1S/C13H26OSi/c1-7-8-9-12(14)13(2,3)10-11-15(4,5)6/h12,14H,7-9H2,1-6H3/t12-/m0/s1. The normalized spacial score (nSPS) is 14.3. The predicted molar refractivity (Wildman–Crippen MR) is 70.4 cm³/mol. The van der Waals surface area contributed by atoms with Crippen LogP contribution in [0.2, 0.25) is 19.6 Å². The molecular weight excluding hydrogens is 200 g/mol. The number of rotatable bonds is 4. The van der Waals surface area contributed by atoms with E-state index in [1.54, 1.807) is 0 Å². The molecule has 0 fully saturated rings. The molecule has 1 atom stereocenters. The summed E-state index contributed by atoms with van der Waals surface area (Å²) in [5, 5.41) is 10.0. The van der Waals surface area contributed by atoms with E-state index >= 15 is 0 Å². The number of aliphatic hydroxyl groups is 1. The SMILES string of the molecule is CCCC[C@H](O)C(C)(C)C#C[Si](C)(C)C. The average molecular weight is 226 g/mol. The van der Waals surface area contributed by atoms with Crippen molar-refractivity contribution >= 4 is 8.07 Å². The molecule has 0 unspecified atom stereocenters. The maximum atomic E-state index is 10.0. The van der Waals surface area contributed by atoms with E-state index in [1.165, 1.54) is 0 Å². The van der Waals surface area contributed by atoms with Crippen molar-refractivity contribution in [3.63, 3.8) is 0 Å². The molecule has 0 radical (unpaired) electrons. The van der Waals surface area contributed by atoms with Gasteiger partial charge in [0.05, 0.1) is 11.5 Å². The number of aliphatic hydroxyl groups excluding tert-OH is 1. The zero-order valence-corrected chi connectivity index (χ0v) is 12.1. The van der Waals surface area contributed by atoms with Crippen LogP contribution in [0.4, 0.5) is 0 Å². The smallest absolute Gasteiger partial charge is 0.129 e. The molecule has 0 amide bonds. The topological polar surface area (TPSA) is 20.2 Å². The fourth-order valence-corrected chi connectivity index (χ4v) is 1.89. The van der Waals surface area contributed by atoms with Crippen molar-refractivity contribution in [2.24, 2.45) is 5.41 Å². The fourth-order valence-electron chi connectivity index (χ4n) is 1.19.